The van der Waals surface area contributed by atoms with Crippen molar-refractivity contribution < 1.29 is 33.4 Å². The molecule has 33 heavy (non-hydrogen) atoms. The van der Waals surface area contributed by atoms with Gasteiger partial charge in [-0.15, -0.1) is 0 Å². The number of ketones is 1. The summed E-state index contributed by atoms with van der Waals surface area (Å²) in [5.41, 5.74) is 0.799. The summed E-state index contributed by atoms with van der Waals surface area (Å²) in [6.07, 6.45) is -0.764. The van der Waals surface area contributed by atoms with E-state index < -0.39 is 48.3 Å². The van der Waals surface area contributed by atoms with Crippen molar-refractivity contribution in [3.8, 4) is 0 Å². The van der Waals surface area contributed by atoms with Crippen molar-refractivity contribution in [3.63, 3.8) is 0 Å². The van der Waals surface area contributed by atoms with Crippen LogP contribution in [-0.4, -0.2) is 67.3 Å². The highest BCUT2D eigenvalue weighted by atomic mass is 16.5. The fourth-order valence-corrected chi connectivity index (χ4v) is 3.13. The van der Waals surface area contributed by atoms with Crippen LogP contribution in [0.15, 0.2) is 30.3 Å². The van der Waals surface area contributed by atoms with E-state index in [1.165, 1.54) is 7.05 Å². The van der Waals surface area contributed by atoms with Gasteiger partial charge in [0, 0.05) is 7.05 Å². The van der Waals surface area contributed by atoms with Crippen LogP contribution < -0.4 is 10.6 Å². The van der Waals surface area contributed by atoms with Crippen LogP contribution in [-0.2, 0) is 35.3 Å². The first-order valence-electron chi connectivity index (χ1n) is 10.6. The van der Waals surface area contributed by atoms with Gasteiger partial charge in [-0.05, 0) is 17.4 Å². The molecule has 0 aliphatic heterocycles. The Labute approximate surface area is 194 Å². The summed E-state index contributed by atoms with van der Waals surface area (Å²) in [6, 6.07) is 7.11. The van der Waals surface area contributed by atoms with Gasteiger partial charge in [-0.2, -0.15) is 0 Å². The lowest BCUT2D eigenvalue weighted by Gasteiger charge is -2.29. The maximum Gasteiger partial charge on any atom is 0.408 e. The summed E-state index contributed by atoms with van der Waals surface area (Å²) in [5.74, 6) is -3.69. The SMILES string of the molecule is COC(=O)C(=O)C(C(C)C)N(C)C(=O)CNC(=O)[C@@H](NC(=O)OCc1ccccc1)C(C)C. The van der Waals surface area contributed by atoms with Crippen LogP contribution >= 0.6 is 0 Å². The molecular formula is C23H33N3O7. The van der Waals surface area contributed by atoms with Crippen molar-refractivity contribution >= 4 is 29.7 Å². The molecule has 0 aromatic heterocycles. The van der Waals surface area contributed by atoms with E-state index in [1.807, 2.05) is 18.2 Å². The molecule has 0 aliphatic rings. The molecule has 3 amide bonds. The molecule has 2 atom stereocenters. The van der Waals surface area contributed by atoms with Gasteiger partial charge >= 0.3 is 12.1 Å². The third-order valence-electron chi connectivity index (χ3n) is 4.95. The average molecular weight is 464 g/mol. The van der Waals surface area contributed by atoms with Crippen LogP contribution in [0.4, 0.5) is 4.79 Å². The van der Waals surface area contributed by atoms with Gasteiger partial charge in [-0.25, -0.2) is 9.59 Å². The van der Waals surface area contributed by atoms with Gasteiger partial charge in [0.2, 0.25) is 11.8 Å². The lowest BCUT2D eigenvalue weighted by Crippen LogP contribution is -2.54. The molecule has 0 saturated heterocycles. The number of esters is 1. The second-order valence-corrected chi connectivity index (χ2v) is 8.19. The topological polar surface area (TPSA) is 131 Å². The number of amides is 3. The third-order valence-corrected chi connectivity index (χ3v) is 4.95. The minimum atomic E-state index is -1.05. The molecule has 0 radical (unpaired) electrons. The number of alkyl carbamates (subject to hydrolysis) is 1. The van der Waals surface area contributed by atoms with Gasteiger partial charge in [0.1, 0.15) is 18.7 Å². The number of hydrogen-bond acceptors (Lipinski definition) is 7. The Bertz CT molecular complexity index is 840. The Hall–Kier alpha value is -3.43. The van der Waals surface area contributed by atoms with Gasteiger partial charge in [-0.1, -0.05) is 58.0 Å². The number of likely N-dealkylation sites (N-methyl/N-ethyl adjacent to an activating group) is 1. The zero-order valence-electron chi connectivity index (χ0n) is 19.9. The van der Waals surface area contributed by atoms with Crippen molar-refractivity contribution in [2.24, 2.45) is 11.8 Å². The normalized spacial score (nSPS) is 12.5. The molecule has 1 rings (SSSR count). The lowest BCUT2D eigenvalue weighted by atomic mass is 9.98. The largest absolute Gasteiger partial charge is 0.463 e. The van der Waals surface area contributed by atoms with Crippen LogP contribution in [0.2, 0.25) is 0 Å². The third kappa shape index (κ3) is 8.55. The van der Waals surface area contributed by atoms with Gasteiger partial charge in [-0.3, -0.25) is 14.4 Å². The molecule has 1 aromatic rings. The molecule has 10 nitrogen and oxygen atoms in total. The van der Waals surface area contributed by atoms with Crippen LogP contribution in [0.5, 0.6) is 0 Å². The van der Waals surface area contributed by atoms with Crippen molar-refractivity contribution in [3.05, 3.63) is 35.9 Å². The smallest absolute Gasteiger partial charge is 0.408 e. The second kappa shape index (κ2) is 13.2. The maximum atomic E-state index is 12.6. The Kier molecular flexibility index (Phi) is 11.0. The van der Waals surface area contributed by atoms with E-state index in [-0.39, 0.29) is 18.4 Å². The summed E-state index contributed by atoms with van der Waals surface area (Å²) in [5, 5.41) is 4.98. The van der Waals surface area contributed by atoms with E-state index >= 15 is 0 Å². The predicted molar refractivity (Wildman–Crippen MR) is 120 cm³/mol. The van der Waals surface area contributed by atoms with Gasteiger partial charge < -0.3 is 25.0 Å². The Morgan fingerprint density at radius 2 is 1.58 bits per heavy atom. The number of methoxy groups -OCH3 is 1. The summed E-state index contributed by atoms with van der Waals surface area (Å²) < 4.78 is 9.62. The van der Waals surface area contributed by atoms with Crippen LogP contribution in [0.1, 0.15) is 33.3 Å². The predicted octanol–water partition coefficient (Wildman–Crippen LogP) is 1.28. The van der Waals surface area contributed by atoms with Crippen molar-refractivity contribution in [1.29, 1.82) is 0 Å². The maximum absolute atomic E-state index is 12.6. The Morgan fingerprint density at radius 3 is 2.09 bits per heavy atom. The highest BCUT2D eigenvalue weighted by molar-refractivity contribution is 6.36. The van der Waals surface area contributed by atoms with Crippen LogP contribution in [0, 0.1) is 11.8 Å². The monoisotopic (exact) mass is 463 g/mol. The molecule has 1 unspecified atom stereocenters. The van der Waals surface area contributed by atoms with Gasteiger partial charge in [0.15, 0.2) is 0 Å². The number of carbonyl (C=O) groups is 5. The van der Waals surface area contributed by atoms with E-state index in [4.69, 9.17) is 4.74 Å². The minimum Gasteiger partial charge on any atom is -0.463 e. The standard InChI is InChI=1S/C23H33N3O7/c1-14(2)18(25-23(31)33-13-16-10-8-7-9-11-16)21(29)24-12-17(27)26(5)19(15(3)4)20(28)22(30)32-6/h7-11,14-15,18-19H,12-13H2,1-6H3,(H,24,29)(H,25,31)/t18-,19?/m0/s1. The lowest BCUT2D eigenvalue weighted by molar-refractivity contribution is -0.156. The first-order chi connectivity index (χ1) is 15.5. The summed E-state index contributed by atoms with van der Waals surface area (Å²) in [4.78, 5) is 62.3. The Balaban J connectivity index is 2.69. The fraction of sp³-hybridized carbons (Fsp3) is 0.522. The molecule has 0 saturated carbocycles. The van der Waals surface area contributed by atoms with Gasteiger partial charge in [0.25, 0.3) is 5.78 Å². The number of Topliss-reactive ketones (excluding diaryl/α,β-unsaturated/α-hetero) is 1. The number of nitrogens with one attached hydrogen (secondary N) is 2. The van der Waals surface area contributed by atoms with E-state index in [1.54, 1.807) is 39.8 Å². The van der Waals surface area contributed by atoms with Crippen LogP contribution in [0.3, 0.4) is 0 Å². The molecule has 0 bridgehead atoms. The number of rotatable bonds is 11. The molecular weight excluding hydrogens is 430 g/mol. The van der Waals surface area contributed by atoms with E-state index in [2.05, 4.69) is 15.4 Å². The highest BCUT2D eigenvalue weighted by Gasteiger charge is 2.35. The molecule has 0 heterocycles. The zero-order chi connectivity index (χ0) is 25.1. The summed E-state index contributed by atoms with van der Waals surface area (Å²) >= 11 is 0. The highest BCUT2D eigenvalue weighted by Crippen LogP contribution is 2.12. The fourth-order valence-electron chi connectivity index (χ4n) is 3.13. The molecule has 0 aliphatic carbocycles. The number of nitrogens with zero attached hydrogens (tertiary/aromatic N) is 1. The van der Waals surface area contributed by atoms with Gasteiger partial charge in [0.05, 0.1) is 13.7 Å². The second-order valence-electron chi connectivity index (χ2n) is 8.19. The van der Waals surface area contributed by atoms with E-state index in [0.29, 0.717) is 0 Å². The summed E-state index contributed by atoms with van der Waals surface area (Å²) in [6.45, 7) is 6.48. The summed E-state index contributed by atoms with van der Waals surface area (Å²) in [7, 11) is 2.46. The molecule has 182 valence electrons. The number of carbonyl (C=O) groups excluding carboxylic acids is 5. The first kappa shape index (κ1) is 27.6. The minimum absolute atomic E-state index is 0.0488. The Morgan fingerprint density at radius 1 is 0.970 bits per heavy atom. The van der Waals surface area contributed by atoms with Crippen molar-refractivity contribution in [1.82, 2.24) is 15.5 Å². The number of hydrogen-bond donors (Lipinski definition) is 2. The quantitative estimate of drug-likeness (QED) is 0.373. The zero-order valence-corrected chi connectivity index (χ0v) is 19.9. The molecule has 1 aromatic carbocycles. The van der Waals surface area contributed by atoms with E-state index in [9.17, 15) is 24.0 Å². The number of ether oxygens (including phenoxy) is 2. The molecule has 2 N–H and O–H groups in total. The molecule has 10 heteroatoms. The molecule has 0 spiro atoms. The first-order valence-corrected chi connectivity index (χ1v) is 10.6. The van der Waals surface area contributed by atoms with E-state index in [0.717, 1.165) is 17.6 Å². The molecule has 0 fully saturated rings. The average Bonchev–Trinajstić information content (AvgIpc) is 2.78. The van der Waals surface area contributed by atoms with Crippen molar-refractivity contribution in [2.45, 2.75) is 46.4 Å². The van der Waals surface area contributed by atoms with Crippen molar-refractivity contribution in [2.75, 3.05) is 20.7 Å². The number of benzene rings is 1. The van der Waals surface area contributed by atoms with Crippen LogP contribution in [0.25, 0.3) is 0 Å².